The van der Waals surface area contributed by atoms with Gasteiger partial charge < -0.3 is 5.32 Å². The fourth-order valence-electron chi connectivity index (χ4n) is 1.36. The van der Waals surface area contributed by atoms with Crippen molar-refractivity contribution in [2.45, 2.75) is 44.0 Å². The molecule has 0 radical (unpaired) electrons. The molecule has 18 heavy (non-hydrogen) atoms. The fourth-order valence-corrected chi connectivity index (χ4v) is 2.80. The summed E-state index contributed by atoms with van der Waals surface area (Å²) in [5, 5.41) is 2.74. The van der Waals surface area contributed by atoms with E-state index in [1.807, 2.05) is 20.8 Å². The van der Waals surface area contributed by atoms with E-state index in [9.17, 15) is 8.42 Å². The normalized spacial score (nSPS) is 12.4. The Balaban J connectivity index is 2.99. The third-order valence-electron chi connectivity index (χ3n) is 3.10. The highest BCUT2D eigenvalue weighted by atomic mass is 32.2. The van der Waals surface area contributed by atoms with Gasteiger partial charge in [0.1, 0.15) is 4.90 Å². The molecule has 1 rings (SSSR count). The van der Waals surface area contributed by atoms with Crippen LogP contribution in [0.15, 0.2) is 17.3 Å². The summed E-state index contributed by atoms with van der Waals surface area (Å²) >= 11 is 0. The lowest BCUT2D eigenvalue weighted by Gasteiger charge is -2.27. The van der Waals surface area contributed by atoms with Crippen molar-refractivity contribution >= 4 is 16.0 Å². The molecule has 0 aliphatic carbocycles. The highest BCUT2D eigenvalue weighted by molar-refractivity contribution is 7.89. The Hall–Kier alpha value is -1.21. The molecule has 0 aliphatic rings. The Labute approximate surface area is 108 Å². The van der Waals surface area contributed by atoms with Gasteiger partial charge in [0.25, 0.3) is 0 Å². The SMILES string of the molecule is CCC(C)(CC)NS(=O)(=O)c1cnc(NC)nc1. The topological polar surface area (TPSA) is 84.0 Å². The molecule has 102 valence electrons. The molecule has 1 aromatic heterocycles. The smallest absolute Gasteiger partial charge is 0.244 e. The number of aromatic nitrogens is 2. The Bertz CT molecular complexity index is 480. The highest BCUT2D eigenvalue weighted by Crippen LogP contribution is 2.18. The predicted octanol–water partition coefficient (Wildman–Crippen LogP) is 1.38. The van der Waals surface area contributed by atoms with Gasteiger partial charge in [-0.3, -0.25) is 0 Å². The number of anilines is 1. The van der Waals surface area contributed by atoms with Crippen molar-refractivity contribution in [3.05, 3.63) is 12.4 Å². The van der Waals surface area contributed by atoms with Crippen LogP contribution in [0.4, 0.5) is 5.95 Å². The quantitative estimate of drug-likeness (QED) is 0.817. The lowest BCUT2D eigenvalue weighted by Crippen LogP contribution is -2.44. The molecule has 1 aromatic rings. The van der Waals surface area contributed by atoms with E-state index in [4.69, 9.17) is 0 Å². The number of hydrogen-bond acceptors (Lipinski definition) is 5. The minimum absolute atomic E-state index is 0.0784. The maximum Gasteiger partial charge on any atom is 0.244 e. The first-order valence-electron chi connectivity index (χ1n) is 5.90. The zero-order chi connectivity index (χ0) is 13.8. The summed E-state index contributed by atoms with van der Waals surface area (Å²) in [6.07, 6.45) is 4.04. The van der Waals surface area contributed by atoms with Crippen LogP contribution >= 0.6 is 0 Å². The Morgan fingerprint density at radius 1 is 1.22 bits per heavy atom. The van der Waals surface area contributed by atoms with E-state index >= 15 is 0 Å². The average Bonchev–Trinajstić information content (AvgIpc) is 2.38. The van der Waals surface area contributed by atoms with Crippen molar-refractivity contribution in [2.24, 2.45) is 0 Å². The van der Waals surface area contributed by atoms with Crippen LogP contribution in [-0.2, 0) is 10.0 Å². The van der Waals surface area contributed by atoms with Crippen molar-refractivity contribution < 1.29 is 8.42 Å². The van der Waals surface area contributed by atoms with Gasteiger partial charge in [-0.25, -0.2) is 23.1 Å². The molecule has 0 amide bonds. The monoisotopic (exact) mass is 272 g/mol. The first-order chi connectivity index (χ1) is 8.37. The molecule has 6 nitrogen and oxygen atoms in total. The lowest BCUT2D eigenvalue weighted by molar-refractivity contribution is 0.388. The number of nitrogens with one attached hydrogen (secondary N) is 2. The second-order valence-electron chi connectivity index (χ2n) is 4.37. The summed E-state index contributed by atoms with van der Waals surface area (Å²) < 4.78 is 27.0. The van der Waals surface area contributed by atoms with Crippen molar-refractivity contribution in [3.63, 3.8) is 0 Å². The standard InChI is InChI=1S/C11H20N4O2S/c1-5-11(3,6-2)15-18(16,17)9-7-13-10(12-4)14-8-9/h7-8,15H,5-6H2,1-4H3,(H,12,13,14). The van der Waals surface area contributed by atoms with E-state index in [2.05, 4.69) is 20.0 Å². The molecule has 0 aliphatic heterocycles. The Morgan fingerprint density at radius 2 is 1.72 bits per heavy atom. The summed E-state index contributed by atoms with van der Waals surface area (Å²) in [6.45, 7) is 5.78. The van der Waals surface area contributed by atoms with Gasteiger partial charge in [-0.15, -0.1) is 0 Å². The summed E-state index contributed by atoms with van der Waals surface area (Å²) in [6, 6.07) is 0. The number of hydrogen-bond donors (Lipinski definition) is 2. The van der Waals surface area contributed by atoms with Crippen molar-refractivity contribution in [1.29, 1.82) is 0 Å². The zero-order valence-corrected chi connectivity index (χ0v) is 12.0. The third kappa shape index (κ3) is 3.39. The third-order valence-corrected chi connectivity index (χ3v) is 4.70. The molecule has 0 atom stereocenters. The maximum atomic E-state index is 12.2. The fraction of sp³-hybridized carbons (Fsp3) is 0.636. The molecule has 1 heterocycles. The van der Waals surface area contributed by atoms with Gasteiger partial charge in [0.15, 0.2) is 0 Å². The average molecular weight is 272 g/mol. The molecule has 0 aromatic carbocycles. The van der Waals surface area contributed by atoms with Gasteiger partial charge in [0.05, 0.1) is 12.4 Å². The number of rotatable bonds is 6. The van der Waals surface area contributed by atoms with Crippen LogP contribution < -0.4 is 10.0 Å². The minimum Gasteiger partial charge on any atom is -0.357 e. The minimum atomic E-state index is -3.57. The van der Waals surface area contributed by atoms with Gasteiger partial charge in [0.2, 0.25) is 16.0 Å². The van der Waals surface area contributed by atoms with Crippen LogP contribution in [0, 0.1) is 0 Å². The van der Waals surface area contributed by atoms with Gasteiger partial charge >= 0.3 is 0 Å². The van der Waals surface area contributed by atoms with E-state index in [0.29, 0.717) is 5.95 Å². The number of sulfonamides is 1. The molecule has 0 fully saturated rings. The van der Waals surface area contributed by atoms with E-state index in [1.165, 1.54) is 12.4 Å². The van der Waals surface area contributed by atoms with Gasteiger partial charge in [-0.2, -0.15) is 0 Å². The van der Waals surface area contributed by atoms with E-state index < -0.39 is 15.6 Å². The van der Waals surface area contributed by atoms with Gasteiger partial charge in [0, 0.05) is 12.6 Å². The second kappa shape index (κ2) is 5.62. The summed E-state index contributed by atoms with van der Waals surface area (Å²) in [4.78, 5) is 7.89. The van der Waals surface area contributed by atoms with Crippen LogP contribution in [0.1, 0.15) is 33.6 Å². The summed E-state index contributed by atoms with van der Waals surface area (Å²) in [5.74, 6) is 0.391. The first kappa shape index (κ1) is 14.8. The van der Waals surface area contributed by atoms with Crippen LogP contribution in [0.2, 0.25) is 0 Å². The maximum absolute atomic E-state index is 12.2. The predicted molar refractivity (Wildman–Crippen MR) is 70.9 cm³/mol. The van der Waals surface area contributed by atoms with Crippen LogP contribution in [-0.4, -0.2) is 31.0 Å². The molecular formula is C11H20N4O2S. The summed E-state index contributed by atoms with van der Waals surface area (Å²) in [7, 11) is -1.90. The molecule has 7 heteroatoms. The highest BCUT2D eigenvalue weighted by Gasteiger charge is 2.27. The van der Waals surface area contributed by atoms with Gasteiger partial charge in [-0.1, -0.05) is 13.8 Å². The Morgan fingerprint density at radius 3 is 2.11 bits per heavy atom. The molecule has 0 bridgehead atoms. The van der Waals surface area contributed by atoms with Crippen LogP contribution in [0.25, 0.3) is 0 Å². The lowest BCUT2D eigenvalue weighted by atomic mass is 9.98. The zero-order valence-electron chi connectivity index (χ0n) is 11.2. The molecule has 0 saturated carbocycles. The van der Waals surface area contributed by atoms with E-state index in [1.54, 1.807) is 7.05 Å². The Kier molecular flexibility index (Phi) is 4.64. The van der Waals surface area contributed by atoms with Crippen molar-refractivity contribution in [2.75, 3.05) is 12.4 Å². The molecular weight excluding hydrogens is 252 g/mol. The first-order valence-corrected chi connectivity index (χ1v) is 7.39. The van der Waals surface area contributed by atoms with Crippen LogP contribution in [0.3, 0.4) is 0 Å². The van der Waals surface area contributed by atoms with E-state index in [0.717, 1.165) is 12.8 Å². The molecule has 0 unspecified atom stereocenters. The molecule has 0 spiro atoms. The number of nitrogens with zero attached hydrogens (tertiary/aromatic N) is 2. The van der Waals surface area contributed by atoms with Crippen LogP contribution in [0.5, 0.6) is 0 Å². The second-order valence-corrected chi connectivity index (χ2v) is 6.05. The largest absolute Gasteiger partial charge is 0.357 e. The van der Waals surface area contributed by atoms with E-state index in [-0.39, 0.29) is 4.90 Å². The van der Waals surface area contributed by atoms with Crippen molar-refractivity contribution in [3.8, 4) is 0 Å². The van der Waals surface area contributed by atoms with Gasteiger partial charge in [-0.05, 0) is 19.8 Å². The molecule has 2 N–H and O–H groups in total. The molecule has 0 saturated heterocycles. The summed E-state index contributed by atoms with van der Waals surface area (Å²) in [5.41, 5.74) is -0.444. The van der Waals surface area contributed by atoms with Crippen molar-refractivity contribution in [1.82, 2.24) is 14.7 Å².